The molecule has 4 rings (SSSR count). The van der Waals surface area contributed by atoms with E-state index < -0.39 is 23.7 Å². The molecule has 4 aromatic rings. The molecular weight excluding hydrogens is 532 g/mol. The monoisotopic (exact) mass is 550 g/mol. The molecule has 186 valence electrons. The highest BCUT2D eigenvalue weighted by Crippen LogP contribution is 2.33. The summed E-state index contributed by atoms with van der Waals surface area (Å²) >= 11 is 14.1. The van der Waals surface area contributed by atoms with Crippen molar-refractivity contribution in [1.82, 2.24) is 20.1 Å². The van der Waals surface area contributed by atoms with Crippen molar-refractivity contribution in [1.29, 1.82) is 0 Å². The van der Waals surface area contributed by atoms with Crippen LogP contribution in [0, 0.1) is 0 Å². The Bertz CT molecular complexity index is 1360. The molecule has 36 heavy (non-hydrogen) atoms. The quantitative estimate of drug-likeness (QED) is 0.244. The molecule has 1 aromatic heterocycles. The van der Waals surface area contributed by atoms with Gasteiger partial charge < -0.3 is 5.32 Å². The van der Waals surface area contributed by atoms with E-state index in [-0.39, 0.29) is 5.56 Å². The van der Waals surface area contributed by atoms with E-state index in [4.69, 9.17) is 23.2 Å². The van der Waals surface area contributed by atoms with Gasteiger partial charge in [-0.1, -0.05) is 65.3 Å². The van der Waals surface area contributed by atoms with Gasteiger partial charge in [0.25, 0.3) is 5.91 Å². The number of hydrogen-bond acceptors (Lipinski definition) is 4. The molecule has 1 atom stereocenters. The van der Waals surface area contributed by atoms with E-state index in [2.05, 4.69) is 15.5 Å². The molecule has 1 amide bonds. The van der Waals surface area contributed by atoms with Gasteiger partial charge in [0.05, 0.1) is 22.3 Å². The van der Waals surface area contributed by atoms with Gasteiger partial charge in [-0.2, -0.15) is 13.2 Å². The minimum Gasteiger partial charge on any atom is -0.342 e. The second-order valence-electron chi connectivity index (χ2n) is 7.82. The number of nitrogens with one attached hydrogen (secondary N) is 1. The summed E-state index contributed by atoms with van der Waals surface area (Å²) in [5, 5.41) is 12.8. The zero-order valence-corrected chi connectivity index (χ0v) is 21.1. The average molecular weight is 551 g/mol. The normalized spacial score (nSPS) is 12.4. The first-order chi connectivity index (χ1) is 17.1. The van der Waals surface area contributed by atoms with Crippen molar-refractivity contribution in [2.45, 2.75) is 30.1 Å². The molecule has 0 saturated heterocycles. The van der Waals surface area contributed by atoms with Crippen molar-refractivity contribution in [3.05, 3.63) is 105 Å². The van der Waals surface area contributed by atoms with Crippen molar-refractivity contribution in [2.75, 3.05) is 0 Å². The first kappa shape index (κ1) is 26.1. The van der Waals surface area contributed by atoms with Crippen LogP contribution in [0.1, 0.15) is 40.3 Å². The third kappa shape index (κ3) is 6.03. The Hall–Kier alpha value is -3.01. The highest BCUT2D eigenvalue weighted by atomic mass is 35.5. The topological polar surface area (TPSA) is 59.8 Å². The summed E-state index contributed by atoms with van der Waals surface area (Å²) in [4.78, 5) is 12.8. The number of halogens is 5. The minimum atomic E-state index is -4.48. The zero-order chi connectivity index (χ0) is 25.9. The Morgan fingerprint density at radius 2 is 1.72 bits per heavy atom. The Balaban J connectivity index is 1.63. The van der Waals surface area contributed by atoms with Crippen molar-refractivity contribution < 1.29 is 18.0 Å². The van der Waals surface area contributed by atoms with Crippen LogP contribution in [0.25, 0.3) is 5.69 Å². The molecule has 0 aliphatic rings. The summed E-state index contributed by atoms with van der Waals surface area (Å²) < 4.78 is 40.3. The summed E-state index contributed by atoms with van der Waals surface area (Å²) in [6.07, 6.45) is -4.48. The van der Waals surface area contributed by atoms with Gasteiger partial charge in [0.1, 0.15) is 0 Å². The van der Waals surface area contributed by atoms with Crippen LogP contribution in [0.15, 0.2) is 78.0 Å². The standard InChI is InChI=1S/C25H19Cl2F3N4OS/c1-15(31-23(35)17-7-9-18(10-8-17)25(28,29)30)22-32-33-24(36-14-16-5-3-2-4-6-16)34(22)21-13-19(26)11-12-20(21)27/h2-13,15H,14H2,1H3,(H,31,35). The fourth-order valence-electron chi connectivity index (χ4n) is 3.42. The van der Waals surface area contributed by atoms with Gasteiger partial charge in [0.2, 0.25) is 0 Å². The first-order valence-corrected chi connectivity index (χ1v) is 12.4. The maximum atomic E-state index is 12.9. The summed E-state index contributed by atoms with van der Waals surface area (Å²) in [5.41, 5.74) is 0.873. The molecule has 0 fully saturated rings. The van der Waals surface area contributed by atoms with E-state index in [1.165, 1.54) is 11.8 Å². The molecular formula is C25H19Cl2F3N4OS. The van der Waals surface area contributed by atoms with Crippen LogP contribution in [0.5, 0.6) is 0 Å². The van der Waals surface area contributed by atoms with Crippen LogP contribution >= 0.6 is 35.0 Å². The third-order valence-corrected chi connectivity index (χ3v) is 6.78. The van der Waals surface area contributed by atoms with E-state index in [1.54, 1.807) is 29.7 Å². The van der Waals surface area contributed by atoms with E-state index in [0.717, 1.165) is 29.8 Å². The largest absolute Gasteiger partial charge is 0.416 e. The van der Waals surface area contributed by atoms with Crippen LogP contribution in [0.2, 0.25) is 10.0 Å². The van der Waals surface area contributed by atoms with Crippen molar-refractivity contribution >= 4 is 40.9 Å². The predicted octanol–water partition coefficient (Wildman–Crippen LogP) is 7.38. The first-order valence-electron chi connectivity index (χ1n) is 10.7. The number of alkyl halides is 3. The number of nitrogens with zero attached hydrogens (tertiary/aromatic N) is 3. The molecule has 11 heteroatoms. The summed E-state index contributed by atoms with van der Waals surface area (Å²) in [7, 11) is 0. The van der Waals surface area contributed by atoms with Gasteiger partial charge in [-0.3, -0.25) is 9.36 Å². The van der Waals surface area contributed by atoms with Gasteiger partial charge in [-0.15, -0.1) is 10.2 Å². The molecule has 0 radical (unpaired) electrons. The number of carbonyl (C=O) groups is 1. The lowest BCUT2D eigenvalue weighted by Crippen LogP contribution is -2.28. The molecule has 0 aliphatic carbocycles. The van der Waals surface area contributed by atoms with E-state index in [1.807, 2.05) is 30.3 Å². The van der Waals surface area contributed by atoms with Gasteiger partial charge in [-0.25, -0.2) is 0 Å². The number of hydrogen-bond donors (Lipinski definition) is 1. The zero-order valence-electron chi connectivity index (χ0n) is 18.8. The van der Waals surface area contributed by atoms with E-state index in [9.17, 15) is 18.0 Å². The smallest absolute Gasteiger partial charge is 0.342 e. The Morgan fingerprint density at radius 1 is 1.03 bits per heavy atom. The maximum Gasteiger partial charge on any atom is 0.416 e. The predicted molar refractivity (Wildman–Crippen MR) is 135 cm³/mol. The number of thioether (sulfide) groups is 1. The lowest BCUT2D eigenvalue weighted by molar-refractivity contribution is -0.137. The SMILES string of the molecule is CC(NC(=O)c1ccc(C(F)(F)F)cc1)c1nnc(SCc2ccccc2)n1-c1cc(Cl)ccc1Cl. The maximum absolute atomic E-state index is 12.9. The van der Waals surface area contributed by atoms with Gasteiger partial charge >= 0.3 is 6.18 Å². The van der Waals surface area contributed by atoms with E-state index >= 15 is 0 Å². The number of rotatable bonds is 7. The Kier molecular flexibility index (Phi) is 7.92. The highest BCUT2D eigenvalue weighted by Gasteiger charge is 2.30. The minimum absolute atomic E-state index is 0.0837. The molecule has 0 aliphatic heterocycles. The van der Waals surface area contributed by atoms with Crippen LogP contribution in [0.4, 0.5) is 13.2 Å². The third-order valence-electron chi connectivity index (χ3n) is 5.23. The second-order valence-corrected chi connectivity index (χ2v) is 9.60. The molecule has 1 unspecified atom stereocenters. The molecule has 0 spiro atoms. The summed E-state index contributed by atoms with van der Waals surface area (Å²) in [6, 6.07) is 18.1. The van der Waals surface area contributed by atoms with Crippen molar-refractivity contribution in [2.24, 2.45) is 0 Å². The van der Waals surface area contributed by atoms with Gasteiger partial charge in [0, 0.05) is 16.3 Å². The van der Waals surface area contributed by atoms with Gasteiger partial charge in [0.15, 0.2) is 11.0 Å². The number of carbonyl (C=O) groups excluding carboxylic acids is 1. The molecule has 1 heterocycles. The molecule has 3 aromatic carbocycles. The Labute approximate surface area is 219 Å². The fraction of sp³-hybridized carbons (Fsp3) is 0.160. The lowest BCUT2D eigenvalue weighted by Gasteiger charge is -2.17. The average Bonchev–Trinajstić information content (AvgIpc) is 3.28. The molecule has 5 nitrogen and oxygen atoms in total. The molecule has 0 saturated carbocycles. The van der Waals surface area contributed by atoms with Crippen LogP contribution in [-0.4, -0.2) is 20.7 Å². The summed E-state index contributed by atoms with van der Waals surface area (Å²) in [6.45, 7) is 1.70. The van der Waals surface area contributed by atoms with Crippen LogP contribution in [-0.2, 0) is 11.9 Å². The number of amides is 1. The number of aromatic nitrogens is 3. The number of benzene rings is 3. The van der Waals surface area contributed by atoms with Gasteiger partial charge in [-0.05, 0) is 55.0 Å². The lowest BCUT2D eigenvalue weighted by atomic mass is 10.1. The second kappa shape index (κ2) is 10.9. The summed E-state index contributed by atoms with van der Waals surface area (Å²) in [5.74, 6) is 0.445. The van der Waals surface area contributed by atoms with Crippen LogP contribution < -0.4 is 5.32 Å². The molecule has 0 bridgehead atoms. The molecule has 1 N–H and O–H groups in total. The van der Waals surface area contributed by atoms with Crippen LogP contribution in [0.3, 0.4) is 0 Å². The highest BCUT2D eigenvalue weighted by molar-refractivity contribution is 7.98. The van der Waals surface area contributed by atoms with E-state index in [0.29, 0.717) is 32.5 Å². The Morgan fingerprint density at radius 3 is 2.39 bits per heavy atom. The van der Waals surface area contributed by atoms with Crippen molar-refractivity contribution in [3.8, 4) is 5.69 Å². The fourth-order valence-corrected chi connectivity index (χ4v) is 4.69. The van der Waals surface area contributed by atoms with Crippen molar-refractivity contribution in [3.63, 3.8) is 0 Å².